The number of esters is 3. The molecule has 0 unspecified atom stereocenters. The van der Waals surface area contributed by atoms with E-state index in [2.05, 4.69) is 9.97 Å². The Morgan fingerprint density at radius 2 is 1.18 bits per heavy atom. The van der Waals surface area contributed by atoms with Gasteiger partial charge in [-0.25, -0.2) is 9.59 Å². The highest BCUT2D eigenvalue weighted by Crippen LogP contribution is 2.27. The fourth-order valence-corrected chi connectivity index (χ4v) is 4.62. The van der Waals surface area contributed by atoms with E-state index in [-0.39, 0.29) is 25.6 Å². The number of ether oxygens (including phenoxy) is 3. The molecule has 8 heteroatoms. The normalized spacial score (nSPS) is 10.8. The average molecular weight is 543 g/mol. The number of carbonyl (C=O) groups excluding carboxylic acids is 3. The predicted molar refractivity (Wildman–Crippen MR) is 150 cm³/mol. The van der Waals surface area contributed by atoms with Gasteiger partial charge >= 0.3 is 17.9 Å². The standard InChI is InChI=1S/C32H34N2O6/c1-20-21(2)29(31(36)39-18-23-11-7-5-8-12-23)33-26(20)17-27-25(15-16-28(35)38-4)22(3)30(34-27)32(37)40-19-24-13-9-6-10-14-24/h5-14,33-34H,15-19H2,1-4H3. The van der Waals surface area contributed by atoms with E-state index < -0.39 is 11.9 Å². The number of hydrogen-bond donors (Lipinski definition) is 2. The number of aromatic amines is 2. The predicted octanol–water partition coefficient (Wildman–Crippen LogP) is 5.68. The number of rotatable bonds is 11. The first-order valence-corrected chi connectivity index (χ1v) is 13.2. The Hall–Kier alpha value is -4.59. The van der Waals surface area contributed by atoms with E-state index in [1.807, 2.05) is 81.4 Å². The van der Waals surface area contributed by atoms with Crippen molar-refractivity contribution in [1.82, 2.24) is 9.97 Å². The molecule has 0 amide bonds. The zero-order chi connectivity index (χ0) is 28.6. The summed E-state index contributed by atoms with van der Waals surface area (Å²) in [6.07, 6.45) is 0.948. The minimum Gasteiger partial charge on any atom is -0.469 e. The lowest BCUT2D eigenvalue weighted by molar-refractivity contribution is -0.140. The van der Waals surface area contributed by atoms with Gasteiger partial charge in [0.25, 0.3) is 0 Å². The van der Waals surface area contributed by atoms with Crippen molar-refractivity contribution >= 4 is 17.9 Å². The molecule has 40 heavy (non-hydrogen) atoms. The molecule has 8 nitrogen and oxygen atoms in total. The molecule has 2 N–H and O–H groups in total. The SMILES string of the molecule is COC(=O)CCc1c(Cc2[nH]c(C(=O)OCc3ccccc3)c(C)c2C)[nH]c(C(=O)OCc2ccccc2)c1C. The van der Waals surface area contributed by atoms with Crippen molar-refractivity contribution in [3.05, 3.63) is 117 Å². The maximum Gasteiger partial charge on any atom is 0.355 e. The second-order valence-corrected chi connectivity index (χ2v) is 9.69. The van der Waals surface area contributed by atoms with Crippen LogP contribution in [0.5, 0.6) is 0 Å². The maximum atomic E-state index is 13.0. The topological polar surface area (TPSA) is 110 Å². The van der Waals surface area contributed by atoms with Crippen molar-refractivity contribution < 1.29 is 28.6 Å². The summed E-state index contributed by atoms with van der Waals surface area (Å²) < 4.78 is 15.9. The van der Waals surface area contributed by atoms with E-state index in [9.17, 15) is 14.4 Å². The van der Waals surface area contributed by atoms with Crippen LogP contribution >= 0.6 is 0 Å². The number of methoxy groups -OCH3 is 1. The van der Waals surface area contributed by atoms with Crippen molar-refractivity contribution in [2.45, 2.75) is 53.2 Å². The van der Waals surface area contributed by atoms with Gasteiger partial charge < -0.3 is 24.2 Å². The monoisotopic (exact) mass is 542 g/mol. The zero-order valence-corrected chi connectivity index (χ0v) is 23.3. The van der Waals surface area contributed by atoms with Gasteiger partial charge in [-0.1, -0.05) is 60.7 Å². The van der Waals surface area contributed by atoms with Crippen LogP contribution in [0.4, 0.5) is 0 Å². The largest absolute Gasteiger partial charge is 0.469 e. The number of hydrogen-bond acceptors (Lipinski definition) is 6. The Balaban J connectivity index is 1.56. The summed E-state index contributed by atoms with van der Waals surface area (Å²) in [5.41, 5.74) is 7.39. The van der Waals surface area contributed by atoms with Gasteiger partial charge in [-0.05, 0) is 60.6 Å². The van der Waals surface area contributed by atoms with Crippen molar-refractivity contribution in [2.24, 2.45) is 0 Å². The zero-order valence-electron chi connectivity index (χ0n) is 23.3. The maximum absolute atomic E-state index is 13.0. The van der Waals surface area contributed by atoms with Crippen LogP contribution in [0.3, 0.4) is 0 Å². The first kappa shape index (κ1) is 28.4. The highest BCUT2D eigenvalue weighted by molar-refractivity contribution is 5.90. The molecule has 2 aromatic carbocycles. The van der Waals surface area contributed by atoms with E-state index in [1.54, 1.807) is 0 Å². The number of H-pyrrole nitrogens is 2. The minimum absolute atomic E-state index is 0.147. The highest BCUT2D eigenvalue weighted by atomic mass is 16.5. The van der Waals surface area contributed by atoms with E-state index in [0.29, 0.717) is 24.2 Å². The number of aromatic nitrogens is 2. The van der Waals surface area contributed by atoms with Crippen LogP contribution in [0.1, 0.15) is 72.2 Å². The third-order valence-corrected chi connectivity index (χ3v) is 7.13. The molecule has 0 bridgehead atoms. The molecular formula is C32H34N2O6. The molecule has 2 heterocycles. The van der Waals surface area contributed by atoms with Crippen molar-refractivity contribution in [3.8, 4) is 0 Å². The van der Waals surface area contributed by atoms with Gasteiger partial charge in [0, 0.05) is 24.2 Å². The summed E-state index contributed by atoms with van der Waals surface area (Å²) in [4.78, 5) is 44.3. The van der Waals surface area contributed by atoms with Gasteiger partial charge in [0.15, 0.2) is 0 Å². The molecule has 2 aromatic heterocycles. The van der Waals surface area contributed by atoms with Crippen LogP contribution in [0, 0.1) is 20.8 Å². The van der Waals surface area contributed by atoms with Gasteiger partial charge in [-0.2, -0.15) is 0 Å². The van der Waals surface area contributed by atoms with Gasteiger partial charge in [0.05, 0.1) is 7.11 Å². The van der Waals surface area contributed by atoms with Crippen LogP contribution in [0.2, 0.25) is 0 Å². The average Bonchev–Trinajstić information content (AvgIpc) is 3.44. The Morgan fingerprint density at radius 1 is 0.675 bits per heavy atom. The lowest BCUT2D eigenvalue weighted by Crippen LogP contribution is -2.08. The van der Waals surface area contributed by atoms with Crippen molar-refractivity contribution in [2.75, 3.05) is 7.11 Å². The molecule has 0 aliphatic rings. The number of nitrogens with one attached hydrogen (secondary N) is 2. The summed E-state index contributed by atoms with van der Waals surface area (Å²) in [6.45, 7) is 5.97. The smallest absolute Gasteiger partial charge is 0.355 e. The molecule has 0 radical (unpaired) electrons. The van der Waals surface area contributed by atoms with E-state index in [1.165, 1.54) is 7.11 Å². The van der Waals surface area contributed by atoms with E-state index >= 15 is 0 Å². The van der Waals surface area contributed by atoms with Gasteiger partial charge in [-0.3, -0.25) is 4.79 Å². The molecule has 0 aliphatic heterocycles. The molecule has 0 fully saturated rings. The van der Waals surface area contributed by atoms with Gasteiger partial charge in [0.2, 0.25) is 0 Å². The first-order chi connectivity index (χ1) is 19.3. The van der Waals surface area contributed by atoms with Crippen LogP contribution < -0.4 is 0 Å². The summed E-state index contributed by atoms with van der Waals surface area (Å²) in [5, 5.41) is 0. The van der Waals surface area contributed by atoms with Crippen molar-refractivity contribution in [3.63, 3.8) is 0 Å². The molecule has 4 aromatic rings. The Kier molecular flexibility index (Phi) is 9.22. The van der Waals surface area contributed by atoms with Gasteiger partial charge in [0.1, 0.15) is 24.6 Å². The van der Waals surface area contributed by atoms with Gasteiger partial charge in [-0.15, -0.1) is 0 Å². The molecule has 0 aliphatic carbocycles. The number of carbonyl (C=O) groups is 3. The summed E-state index contributed by atoms with van der Waals surface area (Å²) in [6, 6.07) is 19.0. The Morgan fingerprint density at radius 3 is 1.70 bits per heavy atom. The highest BCUT2D eigenvalue weighted by Gasteiger charge is 2.24. The second-order valence-electron chi connectivity index (χ2n) is 9.69. The molecular weight excluding hydrogens is 508 g/mol. The molecule has 4 rings (SSSR count). The lowest BCUT2D eigenvalue weighted by atomic mass is 10.0. The van der Waals surface area contributed by atoms with E-state index in [4.69, 9.17) is 14.2 Å². The molecule has 0 saturated heterocycles. The van der Waals surface area contributed by atoms with Crippen LogP contribution in [-0.4, -0.2) is 35.0 Å². The minimum atomic E-state index is -0.475. The number of benzene rings is 2. The fraction of sp³-hybridized carbons (Fsp3) is 0.281. The third kappa shape index (κ3) is 6.69. The Bertz CT molecular complexity index is 1480. The van der Waals surface area contributed by atoms with Crippen LogP contribution in [0.15, 0.2) is 60.7 Å². The molecule has 0 spiro atoms. The third-order valence-electron chi connectivity index (χ3n) is 7.13. The van der Waals surface area contributed by atoms with Crippen LogP contribution in [0.25, 0.3) is 0 Å². The first-order valence-electron chi connectivity index (χ1n) is 13.2. The summed E-state index contributed by atoms with van der Waals surface area (Å²) in [7, 11) is 1.35. The quantitative estimate of drug-likeness (QED) is 0.186. The lowest BCUT2D eigenvalue weighted by Gasteiger charge is -2.06. The van der Waals surface area contributed by atoms with E-state index in [0.717, 1.165) is 44.8 Å². The van der Waals surface area contributed by atoms with Crippen LogP contribution in [-0.2, 0) is 45.1 Å². The summed E-state index contributed by atoms with van der Waals surface area (Å²) >= 11 is 0. The molecule has 208 valence electrons. The second kappa shape index (κ2) is 13.0. The summed E-state index contributed by atoms with van der Waals surface area (Å²) in [5.74, 6) is -1.25. The van der Waals surface area contributed by atoms with Crippen molar-refractivity contribution in [1.29, 1.82) is 0 Å². The molecule has 0 atom stereocenters. The Labute approximate surface area is 233 Å². The fourth-order valence-electron chi connectivity index (χ4n) is 4.62. The molecule has 0 saturated carbocycles.